The number of halogens is 2. The SMILES string of the molecule is C[C@@H]1[C@@H](CO)O[C@@H](n2ccc(NC(=O)c3ccccc3)nc2=O)C1(F)F. The van der Waals surface area contributed by atoms with Crippen molar-refractivity contribution in [3.05, 3.63) is 58.6 Å². The molecule has 138 valence electrons. The van der Waals surface area contributed by atoms with Crippen molar-refractivity contribution >= 4 is 11.7 Å². The van der Waals surface area contributed by atoms with Crippen LogP contribution in [0.2, 0.25) is 0 Å². The van der Waals surface area contributed by atoms with E-state index in [1.54, 1.807) is 30.3 Å². The molecule has 0 bridgehead atoms. The van der Waals surface area contributed by atoms with Gasteiger partial charge in [-0.25, -0.2) is 13.6 Å². The van der Waals surface area contributed by atoms with Gasteiger partial charge in [0.25, 0.3) is 11.8 Å². The summed E-state index contributed by atoms with van der Waals surface area (Å²) in [5, 5.41) is 11.6. The third-order valence-electron chi connectivity index (χ3n) is 4.34. The van der Waals surface area contributed by atoms with Crippen LogP contribution in [0.3, 0.4) is 0 Å². The molecule has 0 spiro atoms. The van der Waals surface area contributed by atoms with Gasteiger partial charge in [-0.15, -0.1) is 0 Å². The quantitative estimate of drug-likeness (QED) is 0.860. The standard InChI is InChI=1S/C17H17F2N3O4/c1-10-12(9-23)26-15(17(10,18)19)22-8-7-13(21-16(22)25)20-14(24)11-5-3-2-4-6-11/h2-8,10,12,15,23H,9H2,1H3,(H,20,21,24,25)/t10-,12-,15-/m1/s1. The Balaban J connectivity index is 1.82. The summed E-state index contributed by atoms with van der Waals surface area (Å²) in [4.78, 5) is 27.8. The number of aromatic nitrogens is 2. The largest absolute Gasteiger partial charge is 0.394 e. The summed E-state index contributed by atoms with van der Waals surface area (Å²) in [7, 11) is 0. The van der Waals surface area contributed by atoms with Crippen LogP contribution in [0, 0.1) is 5.92 Å². The van der Waals surface area contributed by atoms with Crippen LogP contribution < -0.4 is 11.0 Å². The van der Waals surface area contributed by atoms with E-state index in [-0.39, 0.29) is 5.82 Å². The molecule has 0 saturated carbocycles. The van der Waals surface area contributed by atoms with Crippen molar-refractivity contribution in [2.24, 2.45) is 5.92 Å². The van der Waals surface area contributed by atoms with Gasteiger partial charge in [0.1, 0.15) is 5.82 Å². The zero-order valence-corrected chi connectivity index (χ0v) is 13.8. The van der Waals surface area contributed by atoms with E-state index in [0.717, 1.165) is 6.20 Å². The van der Waals surface area contributed by atoms with E-state index in [1.165, 1.54) is 13.0 Å². The van der Waals surface area contributed by atoms with Crippen LogP contribution in [0.15, 0.2) is 47.4 Å². The maximum Gasteiger partial charge on any atom is 0.351 e. The molecule has 1 aromatic heterocycles. The fourth-order valence-electron chi connectivity index (χ4n) is 2.74. The van der Waals surface area contributed by atoms with Crippen molar-refractivity contribution in [3.8, 4) is 0 Å². The minimum Gasteiger partial charge on any atom is -0.394 e. The number of alkyl halides is 2. The summed E-state index contributed by atoms with van der Waals surface area (Å²) in [5.74, 6) is -5.16. The van der Waals surface area contributed by atoms with Gasteiger partial charge < -0.3 is 15.2 Å². The predicted molar refractivity (Wildman–Crippen MR) is 88.0 cm³/mol. The van der Waals surface area contributed by atoms with Crippen LogP contribution in [0.25, 0.3) is 0 Å². The summed E-state index contributed by atoms with van der Waals surface area (Å²) >= 11 is 0. The van der Waals surface area contributed by atoms with E-state index in [0.29, 0.717) is 10.1 Å². The minimum atomic E-state index is -3.35. The molecule has 1 fully saturated rings. The van der Waals surface area contributed by atoms with Crippen molar-refractivity contribution in [2.45, 2.75) is 25.2 Å². The van der Waals surface area contributed by atoms with Gasteiger partial charge in [0.2, 0.25) is 6.23 Å². The van der Waals surface area contributed by atoms with Crippen LogP contribution >= 0.6 is 0 Å². The summed E-state index contributed by atoms with van der Waals surface area (Å²) in [6.07, 6.45) is -1.87. The molecule has 1 aromatic carbocycles. The molecule has 7 nitrogen and oxygen atoms in total. The van der Waals surface area contributed by atoms with Crippen molar-refractivity contribution in [3.63, 3.8) is 0 Å². The number of ether oxygens (including phenoxy) is 1. The van der Waals surface area contributed by atoms with Gasteiger partial charge in [-0.1, -0.05) is 25.1 Å². The third-order valence-corrected chi connectivity index (χ3v) is 4.34. The highest BCUT2D eigenvalue weighted by Gasteiger charge is 2.57. The number of hydrogen-bond donors (Lipinski definition) is 2. The number of nitrogens with one attached hydrogen (secondary N) is 1. The van der Waals surface area contributed by atoms with E-state index in [9.17, 15) is 18.4 Å². The Morgan fingerprint density at radius 1 is 1.35 bits per heavy atom. The van der Waals surface area contributed by atoms with E-state index >= 15 is 0 Å². The van der Waals surface area contributed by atoms with Crippen LogP contribution in [-0.2, 0) is 4.74 Å². The van der Waals surface area contributed by atoms with Gasteiger partial charge in [-0.05, 0) is 18.2 Å². The molecule has 26 heavy (non-hydrogen) atoms. The summed E-state index contributed by atoms with van der Waals surface area (Å²) in [6.45, 7) is 0.661. The lowest BCUT2D eigenvalue weighted by Crippen LogP contribution is -2.37. The maximum absolute atomic E-state index is 14.3. The first-order chi connectivity index (χ1) is 12.3. The second kappa shape index (κ2) is 6.93. The van der Waals surface area contributed by atoms with Crippen molar-refractivity contribution in [2.75, 3.05) is 11.9 Å². The summed E-state index contributed by atoms with van der Waals surface area (Å²) in [6, 6.07) is 9.51. The average molecular weight is 365 g/mol. The highest BCUT2D eigenvalue weighted by Crippen LogP contribution is 2.45. The number of rotatable bonds is 4. The number of aliphatic hydroxyl groups is 1. The van der Waals surface area contributed by atoms with Gasteiger partial charge in [0.15, 0.2) is 0 Å². The summed E-state index contributed by atoms with van der Waals surface area (Å²) < 4.78 is 34.5. The fraction of sp³-hybridized carbons (Fsp3) is 0.353. The number of nitrogens with zero attached hydrogens (tertiary/aromatic N) is 2. The molecule has 2 N–H and O–H groups in total. The highest BCUT2D eigenvalue weighted by molar-refractivity contribution is 6.03. The summed E-state index contributed by atoms with van der Waals surface area (Å²) in [5.41, 5.74) is -0.630. The zero-order chi connectivity index (χ0) is 18.9. The van der Waals surface area contributed by atoms with E-state index in [4.69, 9.17) is 9.84 Å². The van der Waals surface area contributed by atoms with Crippen molar-refractivity contribution in [1.82, 2.24) is 9.55 Å². The Morgan fingerprint density at radius 3 is 2.62 bits per heavy atom. The molecule has 2 aromatic rings. The Morgan fingerprint density at radius 2 is 2.04 bits per heavy atom. The topological polar surface area (TPSA) is 93.4 Å². The lowest BCUT2D eigenvalue weighted by Gasteiger charge is -2.21. The van der Waals surface area contributed by atoms with Crippen molar-refractivity contribution in [1.29, 1.82) is 0 Å². The lowest BCUT2D eigenvalue weighted by atomic mass is 10.00. The zero-order valence-electron chi connectivity index (χ0n) is 13.8. The Bertz CT molecular complexity index is 857. The third kappa shape index (κ3) is 3.23. The number of aliphatic hydroxyl groups excluding tert-OH is 1. The van der Waals surface area contributed by atoms with Gasteiger partial charge in [-0.2, -0.15) is 4.98 Å². The van der Waals surface area contributed by atoms with Crippen LogP contribution in [0.5, 0.6) is 0 Å². The smallest absolute Gasteiger partial charge is 0.351 e. The molecule has 2 heterocycles. The first kappa shape index (κ1) is 18.2. The van der Waals surface area contributed by atoms with Crippen molar-refractivity contribution < 1.29 is 23.4 Å². The molecule has 0 aliphatic carbocycles. The second-order valence-corrected chi connectivity index (χ2v) is 6.00. The molecule has 0 unspecified atom stereocenters. The molecule has 1 aliphatic rings. The first-order valence-electron chi connectivity index (χ1n) is 7.94. The molecule has 1 amide bonds. The molecule has 3 rings (SSSR count). The van der Waals surface area contributed by atoms with Crippen LogP contribution in [-0.4, -0.2) is 39.2 Å². The molecule has 0 radical (unpaired) electrons. The average Bonchev–Trinajstić information content (AvgIpc) is 2.85. The molecule has 1 saturated heterocycles. The molecule has 1 aliphatic heterocycles. The Labute approximate surface area is 147 Å². The highest BCUT2D eigenvalue weighted by atomic mass is 19.3. The van der Waals surface area contributed by atoms with E-state index in [1.807, 2.05) is 0 Å². The van der Waals surface area contributed by atoms with E-state index < -0.39 is 42.4 Å². The number of benzene rings is 1. The van der Waals surface area contributed by atoms with E-state index in [2.05, 4.69) is 10.3 Å². The molecule has 3 atom stereocenters. The minimum absolute atomic E-state index is 0.0619. The van der Waals surface area contributed by atoms with Gasteiger partial charge in [0.05, 0.1) is 18.6 Å². The molecule has 9 heteroatoms. The second-order valence-electron chi connectivity index (χ2n) is 6.00. The maximum atomic E-state index is 14.3. The fourth-order valence-corrected chi connectivity index (χ4v) is 2.74. The normalized spacial score (nSPS) is 24.4. The number of carbonyl (C=O) groups is 1. The van der Waals surface area contributed by atoms with Crippen LogP contribution in [0.1, 0.15) is 23.5 Å². The number of carbonyl (C=O) groups excluding carboxylic acids is 1. The van der Waals surface area contributed by atoms with Gasteiger partial charge >= 0.3 is 5.69 Å². The monoisotopic (exact) mass is 365 g/mol. The van der Waals surface area contributed by atoms with Gasteiger partial charge in [0, 0.05) is 11.8 Å². The number of anilines is 1. The lowest BCUT2D eigenvalue weighted by molar-refractivity contribution is -0.126. The first-order valence-corrected chi connectivity index (χ1v) is 7.94. The van der Waals surface area contributed by atoms with Gasteiger partial charge in [-0.3, -0.25) is 9.36 Å². The Hall–Kier alpha value is -2.65. The predicted octanol–water partition coefficient (Wildman–Crippen LogP) is 1.66. The molecular formula is C17H17F2N3O4. The Kier molecular flexibility index (Phi) is 4.84. The number of amides is 1. The molecular weight excluding hydrogens is 348 g/mol. The number of hydrogen-bond acceptors (Lipinski definition) is 5. The van der Waals surface area contributed by atoms with Crippen LogP contribution in [0.4, 0.5) is 14.6 Å².